The molecule has 2 aromatic heterocycles. The molecular weight excluding hydrogens is 510 g/mol. The Bertz CT molecular complexity index is 1830. The molecule has 0 amide bonds. The predicted octanol–water partition coefficient (Wildman–Crippen LogP) is 4.57. The van der Waals surface area contributed by atoms with E-state index in [0.717, 1.165) is 84.5 Å². The van der Waals surface area contributed by atoms with Crippen LogP contribution in [0.25, 0.3) is 44.4 Å². The molecule has 3 aliphatic rings. The number of carbonyl (C=O) groups is 2. The van der Waals surface area contributed by atoms with Crippen LogP contribution in [0.3, 0.4) is 0 Å². The van der Waals surface area contributed by atoms with E-state index in [9.17, 15) is 9.59 Å². The van der Waals surface area contributed by atoms with E-state index in [2.05, 4.69) is 46.4 Å². The smallest absolute Gasteiger partial charge is 0.146 e. The molecule has 3 aliphatic carbocycles. The molecule has 2 atom stereocenters. The van der Waals surface area contributed by atoms with Gasteiger partial charge in [-0.2, -0.15) is 0 Å². The topological polar surface area (TPSA) is 91.5 Å². The lowest BCUT2D eigenvalue weighted by molar-refractivity contribution is 0.569. The molecule has 6 nitrogen and oxygen atoms in total. The fourth-order valence-corrected chi connectivity index (χ4v) is 7.73. The van der Waals surface area contributed by atoms with Gasteiger partial charge in [0.2, 0.25) is 0 Å². The third kappa shape index (κ3) is 3.33. The van der Waals surface area contributed by atoms with Crippen LogP contribution in [0.5, 0.6) is 0 Å². The molecule has 3 aromatic carbocycles. The van der Waals surface area contributed by atoms with Gasteiger partial charge in [0.05, 0.1) is 11.4 Å². The number of fused-ring (bicyclic) bond motifs is 11. The summed E-state index contributed by atoms with van der Waals surface area (Å²) in [6.07, 6.45) is 5.90. The molecule has 2 heterocycles. The van der Waals surface area contributed by atoms with Crippen molar-refractivity contribution in [3.63, 3.8) is 0 Å². The first-order valence-electron chi connectivity index (χ1n) is 13.0. The summed E-state index contributed by atoms with van der Waals surface area (Å²) in [6, 6.07) is 15.8. The monoisotopic (exact) mass is 534 g/mol. The van der Waals surface area contributed by atoms with E-state index in [0.29, 0.717) is 0 Å². The van der Waals surface area contributed by atoms with Gasteiger partial charge in [0, 0.05) is 39.7 Å². The van der Waals surface area contributed by atoms with Crippen molar-refractivity contribution in [1.29, 1.82) is 0 Å². The second kappa shape index (κ2) is 8.53. The van der Waals surface area contributed by atoms with Crippen LogP contribution in [0.1, 0.15) is 33.6 Å². The van der Waals surface area contributed by atoms with Crippen LogP contribution in [0, 0.1) is 0 Å². The summed E-state index contributed by atoms with van der Waals surface area (Å²) < 4.78 is 0. The second-order valence-electron chi connectivity index (χ2n) is 10.3. The molecule has 8 rings (SSSR count). The number of carbonyl (C=O) groups excluding carboxylic acids is 2. The summed E-state index contributed by atoms with van der Waals surface area (Å²) in [5.74, 6) is 0. The number of hydrogen-bond donors (Lipinski definition) is 2. The average molecular weight is 534 g/mol. The number of H-pyrrole nitrogens is 2. The van der Waals surface area contributed by atoms with Gasteiger partial charge in [0.25, 0.3) is 0 Å². The average Bonchev–Trinajstić information content (AvgIpc) is 3.54. The first kappa shape index (κ1) is 22.5. The van der Waals surface area contributed by atoms with Crippen molar-refractivity contribution >= 4 is 51.1 Å². The van der Waals surface area contributed by atoms with Gasteiger partial charge in [-0.15, -0.1) is 0 Å². The number of rotatable bonds is 4. The number of imidazole rings is 2. The van der Waals surface area contributed by atoms with E-state index >= 15 is 0 Å². The van der Waals surface area contributed by atoms with Crippen molar-refractivity contribution in [3.05, 3.63) is 70.0 Å². The van der Waals surface area contributed by atoms with Crippen molar-refractivity contribution in [3.8, 4) is 33.6 Å². The third-order valence-electron chi connectivity index (χ3n) is 8.38. The van der Waals surface area contributed by atoms with E-state index in [1.54, 1.807) is 0 Å². The molecule has 0 aliphatic heterocycles. The Morgan fingerprint density at radius 1 is 0.605 bits per heavy atom. The highest BCUT2D eigenvalue weighted by molar-refractivity contribution is 7.62. The van der Waals surface area contributed by atoms with Gasteiger partial charge in [0.15, 0.2) is 0 Å². The highest BCUT2D eigenvalue weighted by Crippen LogP contribution is 2.44. The highest BCUT2D eigenvalue weighted by Gasteiger charge is 2.28. The normalized spacial score (nSPS) is 15.3. The number of benzene rings is 3. The lowest BCUT2D eigenvalue weighted by Crippen LogP contribution is -2.12. The van der Waals surface area contributed by atoms with E-state index in [-0.39, 0.29) is 17.2 Å². The van der Waals surface area contributed by atoms with Crippen LogP contribution < -0.4 is 11.1 Å². The predicted molar refractivity (Wildman–Crippen MR) is 156 cm³/mol. The van der Waals surface area contributed by atoms with Gasteiger partial charge in [-0.1, -0.05) is 24.3 Å². The minimum absolute atomic E-state index is 0.0695. The molecule has 5 aromatic rings. The summed E-state index contributed by atoms with van der Waals surface area (Å²) in [6.45, 7) is 0. The number of aryl methyl sites for hydroxylation is 4. The molecule has 2 N–H and O–H groups in total. The van der Waals surface area contributed by atoms with Gasteiger partial charge in [-0.05, 0) is 94.8 Å². The van der Waals surface area contributed by atoms with E-state index in [1.807, 2.05) is 0 Å². The summed E-state index contributed by atoms with van der Waals surface area (Å²) in [5.41, 5.74) is 16.7. The van der Waals surface area contributed by atoms with Crippen LogP contribution in [0.2, 0.25) is 0 Å². The number of aromatic amines is 2. The minimum atomic E-state index is 0.0695. The van der Waals surface area contributed by atoms with Crippen LogP contribution in [0.15, 0.2) is 36.4 Å². The van der Waals surface area contributed by atoms with E-state index in [1.165, 1.54) is 55.3 Å². The third-order valence-corrected chi connectivity index (χ3v) is 9.63. The van der Waals surface area contributed by atoms with Crippen molar-refractivity contribution in [2.24, 2.45) is 0 Å². The van der Waals surface area contributed by atoms with E-state index in [4.69, 9.17) is 9.97 Å². The van der Waals surface area contributed by atoms with Gasteiger partial charge in [0.1, 0.15) is 23.2 Å². The van der Waals surface area contributed by atoms with Crippen molar-refractivity contribution in [1.82, 2.24) is 19.9 Å². The standard InChI is InChI=1S/C30H24N4O2P2/c35-13-37-29-32-26-8-6-20-19-3-1-15-9-18-12-24-16(2-7-25-28(24)34-30(31-25)38-14-36)10-17(18)11-23(15)21(19)4-5-22(20)27(26)33-29/h4-5,9-14,37-38H,1-3,6-8H2,(H,31,34)(H,32,33). The largest absolute Gasteiger partial charge is 0.341 e. The van der Waals surface area contributed by atoms with Gasteiger partial charge < -0.3 is 9.97 Å². The van der Waals surface area contributed by atoms with E-state index < -0.39 is 0 Å². The fourth-order valence-electron chi connectivity index (χ4n) is 6.71. The Hall–Kier alpha value is -3.46. The molecule has 2 unspecified atom stereocenters. The molecule has 186 valence electrons. The number of nitrogens with one attached hydrogen (secondary N) is 2. The maximum Gasteiger partial charge on any atom is 0.146 e. The SMILES string of the molecule is O=CPc1nc2c([nH]1)CCc1cc3cc4c(cc3cc1-2)CCc1c-4ccc2c1CCc1[nH]c(PC=O)nc1-2. The first-order valence-corrected chi connectivity index (χ1v) is 15.2. The summed E-state index contributed by atoms with van der Waals surface area (Å²) in [5, 5.41) is 2.53. The molecule has 0 fully saturated rings. The number of aromatic nitrogens is 4. The maximum absolute atomic E-state index is 11.0. The Morgan fingerprint density at radius 2 is 1.13 bits per heavy atom. The molecule has 0 radical (unpaired) electrons. The summed E-state index contributed by atoms with van der Waals surface area (Å²) in [7, 11) is 0.144. The second-order valence-corrected chi connectivity index (χ2v) is 12.3. The van der Waals surface area contributed by atoms with Gasteiger partial charge >= 0.3 is 0 Å². The number of nitrogens with zero attached hydrogens (tertiary/aromatic N) is 2. The molecule has 0 spiro atoms. The highest BCUT2D eigenvalue weighted by atomic mass is 31.1. The van der Waals surface area contributed by atoms with Crippen LogP contribution in [-0.4, -0.2) is 32.0 Å². The minimum Gasteiger partial charge on any atom is -0.341 e. The molecule has 0 saturated heterocycles. The van der Waals surface area contributed by atoms with Crippen molar-refractivity contribution in [2.75, 3.05) is 0 Å². The van der Waals surface area contributed by atoms with Crippen LogP contribution in [0.4, 0.5) is 0 Å². The van der Waals surface area contributed by atoms with Crippen molar-refractivity contribution in [2.45, 2.75) is 38.5 Å². The molecular formula is C30H24N4O2P2. The Kier molecular flexibility index (Phi) is 5.05. The van der Waals surface area contributed by atoms with Crippen LogP contribution >= 0.6 is 17.2 Å². The summed E-state index contributed by atoms with van der Waals surface area (Å²) in [4.78, 5) is 38.4. The molecule has 8 heteroatoms. The van der Waals surface area contributed by atoms with Crippen LogP contribution in [-0.2, 0) is 48.1 Å². The fraction of sp³-hybridized carbons (Fsp3) is 0.200. The summed E-state index contributed by atoms with van der Waals surface area (Å²) >= 11 is 0. The lowest BCUT2D eigenvalue weighted by atomic mass is 9.77. The van der Waals surface area contributed by atoms with Gasteiger partial charge in [-0.3, -0.25) is 9.59 Å². The number of hydrogen-bond acceptors (Lipinski definition) is 4. The Morgan fingerprint density at radius 3 is 1.84 bits per heavy atom. The zero-order valence-corrected chi connectivity index (χ0v) is 22.6. The van der Waals surface area contributed by atoms with Gasteiger partial charge in [-0.25, -0.2) is 9.97 Å². The Balaban J connectivity index is 1.24. The van der Waals surface area contributed by atoms with Crippen molar-refractivity contribution < 1.29 is 9.59 Å². The molecule has 0 bridgehead atoms. The molecule has 0 saturated carbocycles. The maximum atomic E-state index is 11.0. The zero-order chi connectivity index (χ0) is 25.4. The quantitative estimate of drug-likeness (QED) is 0.261. The lowest BCUT2D eigenvalue weighted by Gasteiger charge is -2.27. The Labute approximate surface area is 222 Å². The molecule has 38 heavy (non-hydrogen) atoms. The zero-order valence-electron chi connectivity index (χ0n) is 20.6. The first-order chi connectivity index (χ1) is 18.7.